The first kappa shape index (κ1) is 12.6. The van der Waals surface area contributed by atoms with Gasteiger partial charge in [0, 0.05) is 12.3 Å². The largest absolute Gasteiger partial charge is 0.382 e. The van der Waals surface area contributed by atoms with E-state index >= 15 is 0 Å². The minimum absolute atomic E-state index is 0.615. The summed E-state index contributed by atoms with van der Waals surface area (Å²) in [6, 6.07) is 11.8. The van der Waals surface area contributed by atoms with Crippen LogP contribution in [0.5, 0.6) is 0 Å². The molecule has 0 saturated carbocycles. The highest BCUT2D eigenvalue weighted by atomic mass is 28.3. The van der Waals surface area contributed by atoms with Crippen molar-refractivity contribution in [1.29, 1.82) is 0 Å². The monoisotopic (exact) mass is 246 g/mol. The van der Waals surface area contributed by atoms with Gasteiger partial charge < -0.3 is 4.74 Å². The molecular formula is C15H22OSi. The van der Waals surface area contributed by atoms with Crippen molar-refractivity contribution in [2.75, 3.05) is 6.61 Å². The van der Waals surface area contributed by atoms with Gasteiger partial charge in [-0.3, -0.25) is 0 Å². The molecule has 0 radical (unpaired) electrons. The molecule has 0 spiro atoms. The van der Waals surface area contributed by atoms with Crippen LogP contribution in [0.15, 0.2) is 36.4 Å². The van der Waals surface area contributed by atoms with Gasteiger partial charge in [-0.05, 0) is 30.9 Å². The summed E-state index contributed by atoms with van der Waals surface area (Å²) in [5, 5.41) is 0. The Morgan fingerprint density at radius 2 is 2.12 bits per heavy atom. The van der Waals surface area contributed by atoms with E-state index in [-0.39, 0.29) is 0 Å². The van der Waals surface area contributed by atoms with Crippen molar-refractivity contribution in [3.05, 3.63) is 42.0 Å². The molecule has 92 valence electrons. The van der Waals surface area contributed by atoms with Gasteiger partial charge in [0.05, 0.1) is 8.80 Å². The molecule has 2 rings (SSSR count). The van der Waals surface area contributed by atoms with E-state index in [0.717, 1.165) is 6.61 Å². The smallest absolute Gasteiger partial charge is 0.0723 e. The summed E-state index contributed by atoms with van der Waals surface area (Å²) in [7, 11) is -0.734. The van der Waals surface area contributed by atoms with Crippen molar-refractivity contribution in [3.8, 4) is 0 Å². The lowest BCUT2D eigenvalue weighted by atomic mass is 10.2. The van der Waals surface area contributed by atoms with Crippen LogP contribution in [-0.2, 0) is 4.74 Å². The van der Waals surface area contributed by atoms with E-state index in [4.69, 9.17) is 4.74 Å². The second-order valence-corrected chi connectivity index (χ2v) is 8.10. The van der Waals surface area contributed by atoms with Crippen LogP contribution in [0.25, 0.3) is 6.08 Å². The Hall–Kier alpha value is -0.863. The van der Waals surface area contributed by atoms with Crippen LogP contribution < -0.4 is 0 Å². The number of rotatable bonds is 4. The second kappa shape index (κ2) is 6.77. The zero-order chi connectivity index (χ0) is 11.9. The number of hydrogen-bond donors (Lipinski definition) is 0. The van der Waals surface area contributed by atoms with E-state index in [1.807, 2.05) is 0 Å². The van der Waals surface area contributed by atoms with Crippen molar-refractivity contribution in [3.63, 3.8) is 0 Å². The maximum absolute atomic E-state index is 5.87. The maximum atomic E-state index is 5.87. The Morgan fingerprint density at radius 1 is 1.29 bits per heavy atom. The van der Waals surface area contributed by atoms with Crippen LogP contribution in [-0.4, -0.2) is 21.1 Å². The Labute approximate surface area is 106 Å². The molecule has 0 bridgehead atoms. The molecule has 1 saturated heterocycles. The first-order chi connectivity index (χ1) is 8.36. The maximum Gasteiger partial charge on any atom is 0.0723 e. The molecule has 0 amide bonds. The highest BCUT2D eigenvalue weighted by Gasteiger charge is 2.20. The van der Waals surface area contributed by atoms with Gasteiger partial charge in [0.25, 0.3) is 0 Å². The van der Waals surface area contributed by atoms with Crippen LogP contribution in [0.4, 0.5) is 0 Å². The van der Waals surface area contributed by atoms with Gasteiger partial charge in [-0.25, -0.2) is 0 Å². The fourth-order valence-corrected chi connectivity index (χ4v) is 4.49. The molecule has 2 atom stereocenters. The first-order valence-electron chi connectivity index (χ1n) is 6.69. The minimum atomic E-state index is -0.734. The highest BCUT2D eigenvalue weighted by molar-refractivity contribution is 6.59. The quantitative estimate of drug-likeness (QED) is 0.737. The Balaban J connectivity index is 1.79. The molecule has 1 nitrogen and oxygen atoms in total. The molecule has 1 aliphatic rings. The van der Waals surface area contributed by atoms with E-state index in [1.165, 1.54) is 30.9 Å². The normalized spacial score (nSPS) is 22.8. The minimum Gasteiger partial charge on any atom is -0.382 e. The fourth-order valence-electron chi connectivity index (χ4n) is 2.35. The molecular weight excluding hydrogens is 224 g/mol. The number of hydrogen-bond acceptors (Lipinski definition) is 1. The zero-order valence-corrected chi connectivity index (χ0v) is 11.8. The first-order valence-corrected chi connectivity index (χ1v) is 9.33. The van der Waals surface area contributed by atoms with Gasteiger partial charge >= 0.3 is 0 Å². The Kier molecular flexibility index (Phi) is 5.01. The topological polar surface area (TPSA) is 9.23 Å². The second-order valence-electron chi connectivity index (χ2n) is 4.93. The summed E-state index contributed by atoms with van der Waals surface area (Å²) in [6.07, 6.45) is 8.50. The predicted molar refractivity (Wildman–Crippen MR) is 76.9 cm³/mol. The van der Waals surface area contributed by atoms with Crippen LogP contribution >= 0.6 is 0 Å². The van der Waals surface area contributed by atoms with Crippen molar-refractivity contribution in [2.45, 2.75) is 37.6 Å². The number of benzene rings is 1. The summed E-state index contributed by atoms with van der Waals surface area (Å²) < 4.78 is 5.87. The van der Waals surface area contributed by atoms with Crippen LogP contribution in [0.1, 0.15) is 24.8 Å². The molecule has 1 aromatic carbocycles. The molecule has 2 unspecified atom stereocenters. The zero-order valence-electron chi connectivity index (χ0n) is 10.6. The molecule has 1 fully saturated rings. The van der Waals surface area contributed by atoms with E-state index in [1.54, 1.807) is 0 Å². The Bertz CT molecular complexity index is 341. The van der Waals surface area contributed by atoms with E-state index < -0.39 is 8.80 Å². The van der Waals surface area contributed by atoms with Gasteiger partial charge in [-0.1, -0.05) is 49.0 Å². The van der Waals surface area contributed by atoms with E-state index in [0.29, 0.717) is 5.73 Å². The summed E-state index contributed by atoms with van der Waals surface area (Å²) in [5.41, 5.74) is 1.92. The van der Waals surface area contributed by atoms with Crippen molar-refractivity contribution in [1.82, 2.24) is 0 Å². The lowest BCUT2D eigenvalue weighted by molar-refractivity contribution is 0.0628. The number of allylic oxidation sites excluding steroid dienone is 1. The third kappa shape index (κ3) is 4.13. The van der Waals surface area contributed by atoms with Crippen molar-refractivity contribution < 1.29 is 4.74 Å². The van der Waals surface area contributed by atoms with Gasteiger partial charge in [0.15, 0.2) is 0 Å². The van der Waals surface area contributed by atoms with Gasteiger partial charge in [0.1, 0.15) is 0 Å². The van der Waals surface area contributed by atoms with Crippen LogP contribution in [0.2, 0.25) is 12.6 Å². The number of ether oxygens (including phenoxy) is 1. The third-order valence-electron chi connectivity index (χ3n) is 3.47. The van der Waals surface area contributed by atoms with Gasteiger partial charge in [-0.2, -0.15) is 0 Å². The predicted octanol–water partition coefficient (Wildman–Crippen LogP) is 3.67. The summed E-state index contributed by atoms with van der Waals surface area (Å²) >= 11 is 0. The lowest BCUT2D eigenvalue weighted by Crippen LogP contribution is -2.33. The molecule has 0 aromatic heterocycles. The molecule has 1 aromatic rings. The molecule has 1 heterocycles. The van der Waals surface area contributed by atoms with Crippen molar-refractivity contribution >= 4 is 14.9 Å². The average Bonchev–Trinajstić information content (AvgIpc) is 2.41. The average molecular weight is 246 g/mol. The van der Waals surface area contributed by atoms with Crippen LogP contribution in [0, 0.1) is 0 Å². The highest BCUT2D eigenvalue weighted by Crippen LogP contribution is 2.17. The summed E-state index contributed by atoms with van der Waals surface area (Å²) in [5.74, 6) is 0. The van der Waals surface area contributed by atoms with E-state index in [2.05, 4.69) is 49.0 Å². The van der Waals surface area contributed by atoms with E-state index in [9.17, 15) is 0 Å². The molecule has 1 aliphatic heterocycles. The molecule has 0 aliphatic carbocycles. The molecule has 0 N–H and O–H groups in total. The molecule has 17 heavy (non-hydrogen) atoms. The van der Waals surface area contributed by atoms with Crippen LogP contribution in [0.3, 0.4) is 0 Å². The van der Waals surface area contributed by atoms with Gasteiger partial charge in [0.2, 0.25) is 0 Å². The SMILES string of the molecule is C[SiH](CC=Cc1ccccc1)C1CCCCO1. The van der Waals surface area contributed by atoms with Gasteiger partial charge in [-0.15, -0.1) is 0 Å². The fraction of sp³-hybridized carbons (Fsp3) is 0.467. The third-order valence-corrected chi connectivity index (χ3v) is 6.28. The summed E-state index contributed by atoms with van der Waals surface area (Å²) in [6.45, 7) is 3.43. The molecule has 2 heteroatoms. The standard InChI is InChI=1S/C15H22OSi/c1-17(15-11-5-6-12-16-15)13-7-10-14-8-3-2-4-9-14/h2-4,7-10,15,17H,5-6,11-13H2,1H3. The van der Waals surface area contributed by atoms with Crippen molar-refractivity contribution in [2.24, 2.45) is 0 Å². The Morgan fingerprint density at radius 3 is 2.82 bits per heavy atom. The lowest BCUT2D eigenvalue weighted by Gasteiger charge is -2.26. The summed E-state index contributed by atoms with van der Waals surface area (Å²) in [4.78, 5) is 0.